The van der Waals surface area contributed by atoms with Crippen molar-refractivity contribution in [2.45, 2.75) is 25.4 Å². The van der Waals surface area contributed by atoms with E-state index in [2.05, 4.69) is 39.1 Å². The molecule has 0 spiro atoms. The molecule has 1 atom stereocenters. The van der Waals surface area contributed by atoms with E-state index >= 15 is 0 Å². The third-order valence-corrected chi connectivity index (χ3v) is 6.26. The zero-order valence-corrected chi connectivity index (χ0v) is 20.2. The van der Waals surface area contributed by atoms with Crippen molar-refractivity contribution >= 4 is 40.1 Å². The van der Waals surface area contributed by atoms with Crippen LogP contribution in [0.1, 0.15) is 12.8 Å². The van der Waals surface area contributed by atoms with Gasteiger partial charge in [-0.15, -0.1) is 6.58 Å². The maximum Gasteiger partial charge on any atom is 0.278 e. The quantitative estimate of drug-likeness (QED) is 0.377. The third kappa shape index (κ3) is 4.91. The van der Waals surface area contributed by atoms with Crippen molar-refractivity contribution in [3.8, 4) is 5.82 Å². The lowest BCUT2D eigenvalue weighted by Gasteiger charge is -2.30. The van der Waals surface area contributed by atoms with Crippen molar-refractivity contribution in [1.82, 2.24) is 29.2 Å². The minimum absolute atomic E-state index is 0.202. The number of fused-ring (bicyclic) bond motifs is 1. The van der Waals surface area contributed by atoms with Gasteiger partial charge in [-0.3, -0.25) is 4.79 Å². The summed E-state index contributed by atoms with van der Waals surface area (Å²) >= 11 is 5.99. The average Bonchev–Trinajstić information content (AvgIpc) is 3.12. The summed E-state index contributed by atoms with van der Waals surface area (Å²) in [7, 11) is 2.13. The van der Waals surface area contributed by atoms with E-state index in [4.69, 9.17) is 16.6 Å². The van der Waals surface area contributed by atoms with E-state index in [0.29, 0.717) is 40.4 Å². The minimum atomic E-state index is -0.202. The number of nitrogens with one attached hydrogen (secondary N) is 2. The van der Waals surface area contributed by atoms with Crippen molar-refractivity contribution in [3.63, 3.8) is 0 Å². The van der Waals surface area contributed by atoms with Crippen LogP contribution in [0.15, 0.2) is 66.1 Å². The molecule has 0 unspecified atom stereocenters. The Morgan fingerprint density at radius 3 is 2.80 bits per heavy atom. The van der Waals surface area contributed by atoms with E-state index in [1.165, 1.54) is 0 Å². The smallest absolute Gasteiger partial charge is 0.278 e. The lowest BCUT2D eigenvalue weighted by molar-refractivity contribution is 0.261. The molecule has 0 radical (unpaired) electrons. The first kappa shape index (κ1) is 23.1. The van der Waals surface area contributed by atoms with Crippen molar-refractivity contribution in [3.05, 3.63) is 76.7 Å². The Kier molecular flexibility index (Phi) is 6.52. The summed E-state index contributed by atoms with van der Waals surface area (Å²) in [6, 6.07) is 13.3. The highest BCUT2D eigenvalue weighted by Crippen LogP contribution is 2.21. The normalized spacial score (nSPS) is 16.3. The van der Waals surface area contributed by atoms with Crippen LogP contribution in [0.25, 0.3) is 16.9 Å². The summed E-state index contributed by atoms with van der Waals surface area (Å²) in [5, 5.41) is 7.76. The van der Waals surface area contributed by atoms with Gasteiger partial charge < -0.3 is 15.5 Å². The first-order valence-corrected chi connectivity index (χ1v) is 11.9. The number of nitrogens with zero attached hydrogens (tertiary/aromatic N) is 6. The molecule has 4 heterocycles. The molecule has 5 rings (SSSR count). The van der Waals surface area contributed by atoms with Gasteiger partial charge in [0.15, 0.2) is 11.5 Å². The highest BCUT2D eigenvalue weighted by atomic mass is 35.5. The Balaban J connectivity index is 1.55. The Morgan fingerprint density at radius 1 is 1.20 bits per heavy atom. The lowest BCUT2D eigenvalue weighted by Crippen LogP contribution is -2.39. The molecule has 3 aromatic heterocycles. The summed E-state index contributed by atoms with van der Waals surface area (Å²) in [4.78, 5) is 29.4. The molecule has 0 saturated carbocycles. The van der Waals surface area contributed by atoms with Gasteiger partial charge in [-0.2, -0.15) is 4.98 Å². The van der Waals surface area contributed by atoms with Crippen LogP contribution >= 0.6 is 11.6 Å². The zero-order valence-electron chi connectivity index (χ0n) is 19.5. The second-order valence-electron chi connectivity index (χ2n) is 8.68. The monoisotopic (exact) mass is 490 g/mol. The van der Waals surface area contributed by atoms with Gasteiger partial charge >= 0.3 is 0 Å². The van der Waals surface area contributed by atoms with Crippen LogP contribution in [0.4, 0.5) is 17.5 Å². The van der Waals surface area contributed by atoms with E-state index in [1.54, 1.807) is 33.8 Å². The first-order chi connectivity index (χ1) is 17.0. The van der Waals surface area contributed by atoms with E-state index in [1.807, 2.05) is 30.3 Å². The van der Waals surface area contributed by atoms with Gasteiger partial charge in [-0.05, 0) is 62.8 Å². The standard InChI is InChI=1S/C25H27ClN8O/c1-3-13-33-24(35)20-15-27-25(29-18-11-9-17(26)10-12-18)31-23(20)34(33)22-8-4-7-21(30-22)28-19-6-5-14-32(2)16-19/h3-4,7-12,15,19H,1,5-6,13-14,16H2,2H3,(H,28,30)(H,27,29,31)/t19-/m1/s1. The number of likely N-dealkylation sites (tertiary alicyclic amines) is 1. The molecule has 1 aromatic carbocycles. The lowest BCUT2D eigenvalue weighted by atomic mass is 10.1. The highest BCUT2D eigenvalue weighted by Gasteiger charge is 2.20. The van der Waals surface area contributed by atoms with Gasteiger partial charge in [0.25, 0.3) is 5.56 Å². The van der Waals surface area contributed by atoms with Crippen LogP contribution in [0, 0.1) is 0 Å². The van der Waals surface area contributed by atoms with Crippen LogP contribution in [0.2, 0.25) is 5.02 Å². The summed E-state index contributed by atoms with van der Waals surface area (Å²) in [6.07, 6.45) is 5.46. The molecule has 1 aliphatic heterocycles. The number of allylic oxidation sites excluding steroid dienone is 1. The molecule has 10 heteroatoms. The molecule has 0 bridgehead atoms. The van der Waals surface area contributed by atoms with Crippen LogP contribution in [-0.2, 0) is 6.54 Å². The number of piperidine rings is 1. The predicted octanol–water partition coefficient (Wildman–Crippen LogP) is 4.07. The number of aromatic nitrogens is 5. The predicted molar refractivity (Wildman–Crippen MR) is 140 cm³/mol. The Labute approximate surface area is 208 Å². The Morgan fingerprint density at radius 2 is 2.03 bits per heavy atom. The molecule has 1 saturated heterocycles. The maximum absolute atomic E-state index is 13.2. The summed E-state index contributed by atoms with van der Waals surface area (Å²) < 4.78 is 3.30. The number of hydrogen-bond acceptors (Lipinski definition) is 7. The summed E-state index contributed by atoms with van der Waals surface area (Å²) in [6.45, 7) is 6.20. The second kappa shape index (κ2) is 9.89. The molecule has 9 nitrogen and oxygen atoms in total. The molecule has 1 fully saturated rings. The SMILES string of the molecule is C=CCn1c(=O)c2cnc(Nc3ccc(Cl)cc3)nc2n1-c1cccc(N[C@@H]2CCCN(C)C2)n1. The molecular weight excluding hydrogens is 464 g/mol. The molecular formula is C25H27ClN8O. The van der Waals surface area contributed by atoms with E-state index in [0.717, 1.165) is 37.4 Å². The number of likely N-dealkylation sites (N-methyl/N-ethyl adjacent to an activating group) is 1. The van der Waals surface area contributed by atoms with Gasteiger partial charge in [0.2, 0.25) is 5.95 Å². The summed E-state index contributed by atoms with van der Waals surface area (Å²) in [5.74, 6) is 1.71. The van der Waals surface area contributed by atoms with E-state index < -0.39 is 0 Å². The molecule has 2 N–H and O–H groups in total. The second-order valence-corrected chi connectivity index (χ2v) is 9.11. The van der Waals surface area contributed by atoms with Crippen LogP contribution in [-0.4, -0.2) is 55.4 Å². The van der Waals surface area contributed by atoms with Gasteiger partial charge in [0.1, 0.15) is 11.2 Å². The van der Waals surface area contributed by atoms with Crippen molar-refractivity contribution in [2.24, 2.45) is 0 Å². The van der Waals surface area contributed by atoms with Gasteiger partial charge in [0.05, 0.1) is 6.54 Å². The number of anilines is 3. The van der Waals surface area contributed by atoms with Crippen LogP contribution in [0.5, 0.6) is 0 Å². The highest BCUT2D eigenvalue weighted by molar-refractivity contribution is 6.30. The van der Waals surface area contributed by atoms with Crippen LogP contribution < -0.4 is 16.2 Å². The number of pyridine rings is 1. The van der Waals surface area contributed by atoms with Gasteiger partial charge in [-0.25, -0.2) is 19.3 Å². The first-order valence-electron chi connectivity index (χ1n) is 11.6. The largest absolute Gasteiger partial charge is 0.366 e. The Hall–Kier alpha value is -3.69. The zero-order chi connectivity index (χ0) is 24.4. The molecule has 4 aromatic rings. The van der Waals surface area contributed by atoms with Crippen molar-refractivity contribution in [1.29, 1.82) is 0 Å². The average molecular weight is 491 g/mol. The molecule has 0 aliphatic carbocycles. The molecule has 1 aliphatic rings. The fraction of sp³-hybridized carbons (Fsp3) is 0.280. The molecule has 0 amide bonds. The van der Waals surface area contributed by atoms with Crippen molar-refractivity contribution < 1.29 is 0 Å². The minimum Gasteiger partial charge on any atom is -0.366 e. The fourth-order valence-corrected chi connectivity index (χ4v) is 4.51. The Bertz CT molecular complexity index is 1410. The molecule has 180 valence electrons. The van der Waals surface area contributed by atoms with Crippen molar-refractivity contribution in [2.75, 3.05) is 30.8 Å². The van der Waals surface area contributed by atoms with Gasteiger partial charge in [0, 0.05) is 29.5 Å². The number of hydrogen-bond donors (Lipinski definition) is 2. The number of halogens is 1. The van der Waals surface area contributed by atoms with E-state index in [-0.39, 0.29) is 5.56 Å². The van der Waals surface area contributed by atoms with Gasteiger partial charge in [-0.1, -0.05) is 23.7 Å². The maximum atomic E-state index is 13.2. The topological polar surface area (TPSA) is 92.9 Å². The summed E-state index contributed by atoms with van der Waals surface area (Å²) in [5.41, 5.74) is 1.05. The fourth-order valence-electron chi connectivity index (χ4n) is 4.39. The molecule has 35 heavy (non-hydrogen) atoms. The van der Waals surface area contributed by atoms with Crippen LogP contribution in [0.3, 0.4) is 0 Å². The third-order valence-electron chi connectivity index (χ3n) is 6.01. The van der Waals surface area contributed by atoms with E-state index in [9.17, 15) is 4.79 Å². The number of benzene rings is 1. The number of rotatable bonds is 7.